The molecule has 43 heteroatoms. The lowest BCUT2D eigenvalue weighted by molar-refractivity contribution is -0.149. The highest BCUT2D eigenvalue weighted by molar-refractivity contribution is 8.00. The number of carbonyl (C=O) groups is 16. The van der Waals surface area contributed by atoms with Crippen LogP contribution >= 0.6 is 11.8 Å². The number of phenolic OH excluding ortho intramolecular Hbond substituents is 1. The highest BCUT2D eigenvalue weighted by Crippen LogP contribution is 2.27. The van der Waals surface area contributed by atoms with Gasteiger partial charge in [-0.2, -0.15) is 0 Å². The van der Waals surface area contributed by atoms with Crippen LogP contribution < -0.4 is 76.5 Å². The lowest BCUT2D eigenvalue weighted by Gasteiger charge is -2.36. The lowest BCUT2D eigenvalue weighted by Crippen LogP contribution is -2.61. The molecule has 42 nitrogen and oxygen atoms in total. The first kappa shape index (κ1) is 102. The van der Waals surface area contributed by atoms with Crippen molar-refractivity contribution in [3.05, 3.63) is 102 Å². The Labute approximate surface area is 738 Å². The van der Waals surface area contributed by atoms with Crippen molar-refractivity contribution in [2.45, 2.75) is 215 Å². The number of β-amino-alcohol motifs (C(OH)–C–C–N with tert-alkyl or cyclic N) is 1. The van der Waals surface area contributed by atoms with Crippen LogP contribution in [0.25, 0.3) is 21.8 Å². The smallest absolute Gasteiger partial charge is 0.303 e. The molecular weight excluding hydrogens is 1670 g/mol. The minimum atomic E-state index is -1.85. The third-order valence-electron chi connectivity index (χ3n) is 22.4. The van der Waals surface area contributed by atoms with Crippen LogP contribution in [0.15, 0.2) is 85.2 Å². The van der Waals surface area contributed by atoms with Crippen molar-refractivity contribution in [3.8, 4) is 5.75 Å². The van der Waals surface area contributed by atoms with Crippen LogP contribution in [0.2, 0.25) is 0 Å². The molecule has 2 aliphatic rings. The first-order chi connectivity index (χ1) is 60.4. The number of aromatic nitrogens is 2. The van der Waals surface area contributed by atoms with Crippen molar-refractivity contribution in [2.24, 2.45) is 28.7 Å². The molecule has 14 atom stereocenters. The predicted octanol–water partition coefficient (Wildman–Crippen LogP) is -3.77. The number of amides is 15. The molecule has 2 aliphatic heterocycles. The normalized spacial score (nSPS) is 16.9. The summed E-state index contributed by atoms with van der Waals surface area (Å²) in [5.74, 6) is -15.6. The van der Waals surface area contributed by atoms with E-state index in [4.69, 9.17) is 34.1 Å². The molecule has 26 N–H and O–H groups in total. The quantitative estimate of drug-likeness (QED) is 0.0101. The average Bonchev–Trinajstić information content (AvgIpc) is 1.74. The van der Waals surface area contributed by atoms with Crippen molar-refractivity contribution in [2.75, 3.05) is 72.0 Å². The Hall–Kier alpha value is -12.5. The van der Waals surface area contributed by atoms with E-state index in [1.807, 2.05) is 13.8 Å². The van der Waals surface area contributed by atoms with E-state index in [-0.39, 0.29) is 96.1 Å². The van der Waals surface area contributed by atoms with E-state index in [0.29, 0.717) is 77.0 Å². The number of nitrogens with one attached hydrogen (secondary N) is 12. The van der Waals surface area contributed by atoms with Gasteiger partial charge in [0, 0.05) is 113 Å². The number of H-pyrrole nitrogens is 2. The third-order valence-corrected chi connectivity index (χ3v) is 23.5. The van der Waals surface area contributed by atoms with Crippen molar-refractivity contribution >= 4 is 134 Å². The number of phenols is 1. The number of rotatable bonds is 51. The van der Waals surface area contributed by atoms with Gasteiger partial charge in [0.15, 0.2) is 5.96 Å². The number of hydrogen-bond acceptors (Lipinski definition) is 23. The Morgan fingerprint density at radius 2 is 1.13 bits per heavy atom. The Morgan fingerprint density at radius 3 is 1.72 bits per heavy atom. The summed E-state index contributed by atoms with van der Waals surface area (Å²) in [4.78, 5) is 237. The Balaban J connectivity index is 1.11. The number of aliphatic hydroxyl groups excluding tert-OH is 2. The maximum absolute atomic E-state index is 15.6. The average molecular weight is 1790 g/mol. The van der Waals surface area contributed by atoms with E-state index in [0.717, 1.165) is 31.4 Å². The Bertz CT molecular complexity index is 4700. The molecule has 0 unspecified atom stereocenters. The van der Waals surface area contributed by atoms with Crippen molar-refractivity contribution in [3.63, 3.8) is 0 Å². The van der Waals surface area contributed by atoms with E-state index >= 15 is 14.4 Å². The number of aliphatic hydroxyl groups is 2. The highest BCUT2D eigenvalue weighted by atomic mass is 32.2. The summed E-state index contributed by atoms with van der Waals surface area (Å²) >= 11 is 0.790. The number of carboxylic acids is 1. The van der Waals surface area contributed by atoms with Crippen LogP contribution in [0, 0.1) is 5.41 Å². The monoisotopic (exact) mass is 1790 g/mol. The Kier molecular flexibility index (Phi) is 39.5. The number of hydrogen-bond donors (Lipinski definition) is 21. The summed E-state index contributed by atoms with van der Waals surface area (Å²) in [6.07, 6.45) is 2.51. The number of benzene rings is 3. The molecule has 0 radical (unpaired) electrons. The molecule has 127 heavy (non-hydrogen) atoms. The second kappa shape index (κ2) is 49.4. The number of fused-ring (bicyclic) bond motifs is 2. The SMILES string of the molecule is CCCC[C@@H](C(=O)N(C)[C@@H](CCCC)C(=O)N[C@@H](CCCNC(=N)N)C(=O)N[C@@H](CSCC(=O)N[C@@H](Cc1ccc(O)cc1)C(=O)N(C)[C@@H](C)C(=O)N[C@@H](CCN)C(=O)N1CCC[C@H]1C(N)=O)C(=O)NCC(N)=O)N(C)C(=O)[C@H](Cc1c[nH]c2ccccc12)NC(=O)[C@H](CO)NC(=O)[C@H](Cc1c[nH]c2ccccc12)NC(=O)[C@@H]1C[C@@H](O)CN1C(=O)[C@@H](N)CCC(=O)O. The lowest BCUT2D eigenvalue weighted by atomic mass is 10.00. The number of para-hydroxylation sites is 2. The second-order valence-electron chi connectivity index (χ2n) is 31.8. The van der Waals surface area contributed by atoms with Gasteiger partial charge in [-0.1, -0.05) is 88.1 Å². The molecular formula is C84H122N22O20S. The number of nitrogens with two attached hydrogens (primary N) is 5. The summed E-state index contributed by atoms with van der Waals surface area (Å²) in [5.41, 5.74) is 31.3. The number of thioether (sulfide) groups is 1. The molecule has 2 aromatic heterocycles. The standard InChI is InChI=1S/C84H122N22O20S/c1-7-9-22-65(77(120)96-57(21-15-33-91-84(89)90)74(117)101-63(73(116)94-41-68(87)110)44-127-45-69(111)95-60(35-47-25-27-50(108)28-26-47)80(123)102(4)46(3)72(115)97-58(31-32-85)82(125)105-34-16-24-64(105)71(88)114)103(5)83(126)66(23-10-8-2)104(6)81(124)61(37-49-40-93-56-20-14-12-18-53(49)56)99-76(119)62(43-107)100-75(118)59(36-48-39-92-55-19-13-11-17-52(48)55)98-78(121)67-38-51(109)42-106(67)79(122)54(86)29-30-70(112)113/h11-14,17-20,25-28,39-40,46,51,54,57-67,92-93,107-109H,7-10,15-16,21-24,29-38,41-45,85-86H2,1-6H3,(H2,87,110)(H2,88,114)(H,94,116)(H,95,111)(H,96,120)(H,97,115)(H,98,121)(H,99,119)(H,100,118)(H,101,117)(H,112,113)(H4,89,90,91)/t46-,51+,54-,57-,58-,59-,60-,61-,62-,63-,64-,65-,66-,67-/m0/s1. The van der Waals surface area contributed by atoms with Crippen molar-refractivity contribution < 1.29 is 97.1 Å². The Morgan fingerprint density at radius 1 is 0.583 bits per heavy atom. The molecule has 0 bridgehead atoms. The topological polar surface area (TPSA) is 664 Å². The summed E-state index contributed by atoms with van der Waals surface area (Å²) < 4.78 is 0. The first-order valence-electron chi connectivity index (χ1n) is 42.3. The number of aromatic hydroxyl groups is 1. The number of aromatic amines is 2. The number of likely N-dealkylation sites (N-methyl/N-ethyl adjacent to an activating group) is 3. The van der Waals surface area contributed by atoms with Gasteiger partial charge in [0.05, 0.1) is 31.1 Å². The van der Waals surface area contributed by atoms with Crippen LogP contribution in [0.4, 0.5) is 0 Å². The maximum atomic E-state index is 15.6. The molecule has 2 fully saturated rings. The summed E-state index contributed by atoms with van der Waals surface area (Å²) in [6, 6.07) is 1.38. The van der Waals surface area contributed by atoms with Gasteiger partial charge in [0.25, 0.3) is 0 Å². The summed E-state index contributed by atoms with van der Waals surface area (Å²) in [7, 11) is 3.97. The molecule has 7 rings (SSSR count). The molecule has 0 spiro atoms. The second-order valence-corrected chi connectivity index (χ2v) is 32.8. The zero-order chi connectivity index (χ0) is 93.5. The fraction of sp³-hybridized carbons (Fsp3) is 0.536. The van der Waals surface area contributed by atoms with E-state index in [9.17, 15) is 82.8 Å². The number of carbonyl (C=O) groups excluding carboxylic acids is 15. The number of primary amides is 2. The maximum Gasteiger partial charge on any atom is 0.303 e. The fourth-order valence-electron chi connectivity index (χ4n) is 15.2. The molecule has 2 saturated heterocycles. The number of guanidine groups is 1. The van der Waals surface area contributed by atoms with Crippen LogP contribution in [-0.2, 0) is 96.0 Å². The summed E-state index contributed by atoms with van der Waals surface area (Å²) in [5, 5.41) is 73.8. The third kappa shape index (κ3) is 29.3. The number of nitrogens with zero attached hydrogens (tertiary/aromatic N) is 5. The molecule has 5 aromatic rings. The van der Waals surface area contributed by atoms with Gasteiger partial charge in [-0.3, -0.25) is 82.1 Å². The molecule has 0 aliphatic carbocycles. The number of unbranched alkanes of at least 4 members (excludes halogenated alkanes) is 2. The number of aliphatic carboxylic acids is 1. The van der Waals surface area contributed by atoms with Crippen LogP contribution in [-0.4, -0.2) is 312 Å². The molecule has 3 aromatic carbocycles. The van der Waals surface area contributed by atoms with E-state index in [1.54, 1.807) is 60.9 Å². The van der Waals surface area contributed by atoms with Gasteiger partial charge >= 0.3 is 5.97 Å². The first-order valence-corrected chi connectivity index (χ1v) is 43.5. The van der Waals surface area contributed by atoms with Gasteiger partial charge in [-0.15, -0.1) is 11.8 Å². The van der Waals surface area contributed by atoms with Gasteiger partial charge in [0.1, 0.15) is 78.3 Å². The van der Waals surface area contributed by atoms with Crippen LogP contribution in [0.5, 0.6) is 5.75 Å². The van der Waals surface area contributed by atoms with Gasteiger partial charge in [-0.25, -0.2) is 0 Å². The molecule has 4 heterocycles. The van der Waals surface area contributed by atoms with Gasteiger partial charge in [-0.05, 0) is 106 Å². The molecule has 15 amide bonds. The zero-order valence-electron chi connectivity index (χ0n) is 72.2. The number of likely N-dealkylation sites (tertiary alicyclic amines) is 2. The minimum absolute atomic E-state index is 0.00741. The zero-order valence-corrected chi connectivity index (χ0v) is 73.0. The molecule has 0 saturated carbocycles. The van der Waals surface area contributed by atoms with Crippen molar-refractivity contribution in [1.82, 2.24) is 82.3 Å². The van der Waals surface area contributed by atoms with Crippen molar-refractivity contribution in [1.29, 1.82) is 5.41 Å². The van der Waals surface area contributed by atoms with Crippen LogP contribution in [0.1, 0.15) is 127 Å². The van der Waals surface area contributed by atoms with Crippen LogP contribution in [0.3, 0.4) is 0 Å². The van der Waals surface area contributed by atoms with Gasteiger partial charge in [0.2, 0.25) is 88.6 Å². The largest absolute Gasteiger partial charge is 0.508 e. The highest BCUT2D eigenvalue weighted by Gasteiger charge is 2.45. The minimum Gasteiger partial charge on any atom is -0.508 e. The van der Waals surface area contributed by atoms with E-state index < -0.39 is 216 Å². The summed E-state index contributed by atoms with van der Waals surface area (Å²) in [6.45, 7) is 3.08. The van der Waals surface area contributed by atoms with E-state index in [2.05, 4.69) is 57.8 Å². The fourth-order valence-corrected chi connectivity index (χ4v) is 16.0. The predicted molar refractivity (Wildman–Crippen MR) is 468 cm³/mol. The number of carboxylic acid groups (broad SMARTS) is 1. The van der Waals surface area contributed by atoms with E-state index in [1.165, 1.54) is 57.2 Å². The molecule has 694 valence electrons. The van der Waals surface area contributed by atoms with Gasteiger partial charge < -0.3 is 131 Å².